The molecular formula is C22H28N2O5. The Balaban J connectivity index is 1.54. The third-order valence-electron chi connectivity index (χ3n) is 5.08. The van der Waals surface area contributed by atoms with E-state index in [1.54, 1.807) is 19.1 Å². The minimum Gasteiger partial charge on any atom is -0.481 e. The summed E-state index contributed by atoms with van der Waals surface area (Å²) in [7, 11) is 0. The summed E-state index contributed by atoms with van der Waals surface area (Å²) in [5.41, 5.74) is 1.02. The number of ether oxygens (including phenoxy) is 1. The van der Waals surface area contributed by atoms with Gasteiger partial charge in [-0.2, -0.15) is 0 Å². The van der Waals surface area contributed by atoms with E-state index in [2.05, 4.69) is 12.2 Å². The number of amides is 2. The van der Waals surface area contributed by atoms with Crippen LogP contribution < -0.4 is 15.7 Å². The lowest BCUT2D eigenvalue weighted by molar-refractivity contribution is -0.127. The van der Waals surface area contributed by atoms with E-state index in [0.29, 0.717) is 37.3 Å². The van der Waals surface area contributed by atoms with Crippen LogP contribution in [-0.2, 0) is 16.0 Å². The van der Waals surface area contributed by atoms with E-state index in [-0.39, 0.29) is 17.4 Å². The highest BCUT2D eigenvalue weighted by molar-refractivity contribution is 5.83. The number of benzene rings is 1. The number of hydrogen-bond acceptors (Lipinski definition) is 5. The van der Waals surface area contributed by atoms with Gasteiger partial charge in [0.1, 0.15) is 11.3 Å². The molecule has 1 aromatic heterocycles. The monoisotopic (exact) mass is 400 g/mol. The zero-order chi connectivity index (χ0) is 20.8. The maximum absolute atomic E-state index is 12.3. The van der Waals surface area contributed by atoms with E-state index in [9.17, 15) is 14.4 Å². The average Bonchev–Trinajstić information content (AvgIpc) is 3.09. The van der Waals surface area contributed by atoms with Gasteiger partial charge in [-0.1, -0.05) is 13.3 Å². The quantitative estimate of drug-likeness (QED) is 0.516. The summed E-state index contributed by atoms with van der Waals surface area (Å²) in [6.45, 7) is 5.69. The molecule has 2 amide bonds. The predicted octanol–water partition coefficient (Wildman–Crippen LogP) is 2.64. The molecule has 2 heterocycles. The first-order chi connectivity index (χ1) is 14.0. The number of carbonyl (C=O) groups is 2. The van der Waals surface area contributed by atoms with Crippen LogP contribution >= 0.6 is 0 Å². The van der Waals surface area contributed by atoms with Crippen molar-refractivity contribution in [3.05, 3.63) is 40.2 Å². The largest absolute Gasteiger partial charge is 0.481 e. The standard InChI is InChI=1S/C22H28N2O5/c1-3-6-16-13-21(26)29-19-14-17(8-9-18(16)19)28-15(2)22(27)23-10-5-12-24-11-4-7-20(24)25/h8-9,13-15H,3-7,10-12H2,1-2H3,(H,23,27). The van der Waals surface area contributed by atoms with Gasteiger partial charge in [-0.25, -0.2) is 4.79 Å². The molecule has 29 heavy (non-hydrogen) atoms. The molecule has 7 heteroatoms. The fraction of sp³-hybridized carbons (Fsp3) is 0.500. The summed E-state index contributed by atoms with van der Waals surface area (Å²) in [6.07, 6.45) is 3.30. The van der Waals surface area contributed by atoms with Crippen LogP contribution in [0.4, 0.5) is 0 Å². The highest BCUT2D eigenvalue weighted by Crippen LogP contribution is 2.24. The van der Waals surface area contributed by atoms with Gasteiger partial charge in [0, 0.05) is 43.6 Å². The zero-order valence-corrected chi connectivity index (χ0v) is 17.0. The maximum atomic E-state index is 12.3. The van der Waals surface area contributed by atoms with E-state index < -0.39 is 6.10 Å². The number of likely N-dealkylation sites (tertiary alicyclic amines) is 1. The molecule has 2 aromatic rings. The van der Waals surface area contributed by atoms with E-state index in [1.165, 1.54) is 6.07 Å². The Labute approximate surface area is 170 Å². The maximum Gasteiger partial charge on any atom is 0.336 e. The molecule has 0 saturated carbocycles. The molecule has 0 bridgehead atoms. The van der Waals surface area contributed by atoms with Gasteiger partial charge in [-0.3, -0.25) is 9.59 Å². The minimum absolute atomic E-state index is 0.193. The van der Waals surface area contributed by atoms with E-state index in [0.717, 1.165) is 36.8 Å². The number of nitrogens with one attached hydrogen (secondary N) is 1. The van der Waals surface area contributed by atoms with Gasteiger partial charge in [0.05, 0.1) is 0 Å². The molecule has 3 rings (SSSR count). The Bertz CT molecular complexity index is 936. The van der Waals surface area contributed by atoms with Gasteiger partial charge in [0.2, 0.25) is 5.91 Å². The first-order valence-electron chi connectivity index (χ1n) is 10.3. The summed E-state index contributed by atoms with van der Waals surface area (Å²) in [4.78, 5) is 37.5. The van der Waals surface area contributed by atoms with Crippen LogP contribution in [0, 0.1) is 0 Å². The van der Waals surface area contributed by atoms with Gasteiger partial charge in [-0.15, -0.1) is 0 Å². The van der Waals surface area contributed by atoms with Crippen molar-refractivity contribution in [1.29, 1.82) is 0 Å². The van der Waals surface area contributed by atoms with Gasteiger partial charge in [0.25, 0.3) is 5.91 Å². The number of fused-ring (bicyclic) bond motifs is 1. The third kappa shape index (κ3) is 5.37. The Kier molecular flexibility index (Phi) is 6.90. The molecule has 1 N–H and O–H groups in total. The molecule has 0 radical (unpaired) electrons. The molecule has 0 aliphatic carbocycles. The van der Waals surface area contributed by atoms with Crippen LogP contribution in [0.25, 0.3) is 11.0 Å². The Morgan fingerprint density at radius 3 is 2.86 bits per heavy atom. The lowest BCUT2D eigenvalue weighted by Gasteiger charge is -2.17. The molecule has 1 saturated heterocycles. The molecule has 1 aliphatic heterocycles. The highest BCUT2D eigenvalue weighted by atomic mass is 16.5. The van der Waals surface area contributed by atoms with E-state index >= 15 is 0 Å². The van der Waals surface area contributed by atoms with Crippen molar-refractivity contribution < 1.29 is 18.7 Å². The molecule has 1 atom stereocenters. The average molecular weight is 400 g/mol. The summed E-state index contributed by atoms with van der Waals surface area (Å²) < 4.78 is 11.0. The molecule has 7 nitrogen and oxygen atoms in total. The SMILES string of the molecule is CCCc1cc(=O)oc2cc(OC(C)C(=O)NCCCN3CCCC3=O)ccc12. The molecule has 1 unspecified atom stereocenters. The van der Waals surface area contributed by atoms with E-state index in [4.69, 9.17) is 9.15 Å². The summed E-state index contributed by atoms with van der Waals surface area (Å²) >= 11 is 0. The van der Waals surface area contributed by atoms with Crippen molar-refractivity contribution in [2.24, 2.45) is 0 Å². The lowest BCUT2D eigenvalue weighted by Crippen LogP contribution is -2.38. The fourth-order valence-electron chi connectivity index (χ4n) is 3.58. The normalized spacial score (nSPS) is 15.0. The molecule has 1 aliphatic rings. The number of aryl methyl sites for hydroxylation is 1. The van der Waals surface area contributed by atoms with Gasteiger partial charge in [-0.05, 0) is 43.9 Å². The van der Waals surface area contributed by atoms with Crippen molar-refractivity contribution in [2.45, 2.75) is 52.1 Å². The van der Waals surface area contributed by atoms with Crippen LogP contribution in [0.15, 0.2) is 33.5 Å². The van der Waals surface area contributed by atoms with Crippen molar-refractivity contribution in [2.75, 3.05) is 19.6 Å². The van der Waals surface area contributed by atoms with Gasteiger partial charge >= 0.3 is 5.63 Å². The summed E-state index contributed by atoms with van der Waals surface area (Å²) in [5, 5.41) is 3.72. The van der Waals surface area contributed by atoms with E-state index in [1.807, 2.05) is 11.0 Å². The smallest absolute Gasteiger partial charge is 0.336 e. The van der Waals surface area contributed by atoms with Crippen molar-refractivity contribution >= 4 is 22.8 Å². The third-order valence-corrected chi connectivity index (χ3v) is 5.08. The van der Waals surface area contributed by atoms with Crippen LogP contribution in [0.1, 0.15) is 45.1 Å². The predicted molar refractivity (Wildman–Crippen MR) is 110 cm³/mol. The van der Waals surface area contributed by atoms with Crippen LogP contribution in [-0.4, -0.2) is 42.5 Å². The zero-order valence-electron chi connectivity index (χ0n) is 17.0. The molecule has 156 valence electrons. The minimum atomic E-state index is -0.689. The Morgan fingerprint density at radius 2 is 2.14 bits per heavy atom. The number of nitrogens with zero attached hydrogens (tertiary/aromatic N) is 1. The number of carbonyl (C=O) groups excluding carboxylic acids is 2. The van der Waals surface area contributed by atoms with Crippen molar-refractivity contribution in [1.82, 2.24) is 10.2 Å². The second-order valence-electron chi connectivity index (χ2n) is 7.39. The summed E-state index contributed by atoms with van der Waals surface area (Å²) in [5.74, 6) is 0.441. The first kappa shape index (κ1) is 20.9. The Morgan fingerprint density at radius 1 is 1.31 bits per heavy atom. The van der Waals surface area contributed by atoms with Gasteiger partial charge < -0.3 is 19.4 Å². The van der Waals surface area contributed by atoms with Crippen molar-refractivity contribution in [3.63, 3.8) is 0 Å². The topological polar surface area (TPSA) is 88.8 Å². The second kappa shape index (κ2) is 9.58. The lowest BCUT2D eigenvalue weighted by atomic mass is 10.1. The summed E-state index contributed by atoms with van der Waals surface area (Å²) in [6, 6.07) is 6.82. The second-order valence-corrected chi connectivity index (χ2v) is 7.39. The van der Waals surface area contributed by atoms with Crippen LogP contribution in [0.2, 0.25) is 0 Å². The molecule has 0 spiro atoms. The highest BCUT2D eigenvalue weighted by Gasteiger charge is 2.20. The van der Waals surface area contributed by atoms with Crippen molar-refractivity contribution in [3.8, 4) is 5.75 Å². The molecular weight excluding hydrogens is 372 g/mol. The number of hydrogen-bond donors (Lipinski definition) is 1. The molecule has 1 fully saturated rings. The van der Waals surface area contributed by atoms with Crippen LogP contribution in [0.5, 0.6) is 5.75 Å². The Hall–Kier alpha value is -2.83. The van der Waals surface area contributed by atoms with Crippen LogP contribution in [0.3, 0.4) is 0 Å². The molecule has 1 aromatic carbocycles. The number of rotatable bonds is 9. The fourth-order valence-corrected chi connectivity index (χ4v) is 3.58. The van der Waals surface area contributed by atoms with Gasteiger partial charge in [0.15, 0.2) is 6.10 Å². The first-order valence-corrected chi connectivity index (χ1v) is 10.3.